The highest BCUT2D eigenvalue weighted by atomic mass is 32.2. The van der Waals surface area contributed by atoms with Crippen LogP contribution < -0.4 is 16.0 Å². The van der Waals surface area contributed by atoms with Gasteiger partial charge in [0.05, 0.1) is 18.4 Å². The average Bonchev–Trinajstić information content (AvgIpc) is 2.45. The molecule has 0 aromatic heterocycles. The maximum Gasteiger partial charge on any atom is 0.242 e. The Morgan fingerprint density at radius 3 is 2.90 bits per heavy atom. The molecule has 1 fully saturated rings. The highest BCUT2D eigenvalue weighted by molar-refractivity contribution is 7.89. The lowest BCUT2D eigenvalue weighted by molar-refractivity contribution is -0.0156. The third kappa shape index (κ3) is 3.68. The summed E-state index contributed by atoms with van der Waals surface area (Å²) in [6.45, 7) is 2.43. The Labute approximate surface area is 119 Å². The molecule has 8 heteroatoms. The first-order valence-electron chi connectivity index (χ1n) is 6.38. The van der Waals surface area contributed by atoms with Gasteiger partial charge < -0.3 is 15.1 Å². The van der Waals surface area contributed by atoms with Crippen molar-refractivity contribution in [3.63, 3.8) is 0 Å². The summed E-state index contributed by atoms with van der Waals surface area (Å²) < 4.78 is 32.6. The number of hydrazine groups is 1. The molecule has 7 nitrogen and oxygen atoms in total. The van der Waals surface area contributed by atoms with Crippen LogP contribution in [0.1, 0.15) is 0 Å². The van der Waals surface area contributed by atoms with Crippen LogP contribution in [0, 0.1) is 0 Å². The van der Waals surface area contributed by atoms with Gasteiger partial charge in [-0.15, -0.1) is 0 Å². The second-order valence-corrected chi connectivity index (χ2v) is 6.48. The molecule has 0 aliphatic carbocycles. The van der Waals surface area contributed by atoms with E-state index in [9.17, 15) is 8.42 Å². The summed E-state index contributed by atoms with van der Waals surface area (Å²) in [5, 5.41) is 0. The minimum Gasteiger partial charge on any atom is -0.374 e. The van der Waals surface area contributed by atoms with Crippen molar-refractivity contribution in [2.24, 2.45) is 5.84 Å². The number of anilines is 1. The summed E-state index contributed by atoms with van der Waals surface area (Å²) in [6, 6.07) is 6.48. The number of morpholine rings is 1. The first-order chi connectivity index (χ1) is 9.53. The summed E-state index contributed by atoms with van der Waals surface area (Å²) in [6.07, 6.45) is -0.137. The van der Waals surface area contributed by atoms with Crippen molar-refractivity contribution in [2.45, 2.75) is 11.0 Å². The highest BCUT2D eigenvalue weighted by Gasteiger charge is 2.22. The molecule has 1 heterocycles. The molecule has 0 saturated carbocycles. The van der Waals surface area contributed by atoms with Gasteiger partial charge in [-0.25, -0.2) is 13.1 Å². The van der Waals surface area contributed by atoms with Crippen LogP contribution in [-0.4, -0.2) is 52.7 Å². The van der Waals surface area contributed by atoms with Crippen LogP contribution in [0.25, 0.3) is 0 Å². The molecule has 1 atom stereocenters. The lowest BCUT2D eigenvalue weighted by Crippen LogP contribution is -2.45. The van der Waals surface area contributed by atoms with Gasteiger partial charge in [0.15, 0.2) is 0 Å². The molecule has 1 aliphatic heterocycles. The van der Waals surface area contributed by atoms with Gasteiger partial charge in [-0.1, -0.05) is 12.1 Å². The Morgan fingerprint density at radius 2 is 2.20 bits per heavy atom. The molecule has 1 unspecified atom stereocenters. The van der Waals surface area contributed by atoms with Gasteiger partial charge >= 0.3 is 0 Å². The second-order valence-electron chi connectivity index (χ2n) is 4.75. The number of likely N-dealkylation sites (N-methyl/N-ethyl adjacent to an activating group) is 1. The maximum atomic E-state index is 12.3. The van der Waals surface area contributed by atoms with Crippen molar-refractivity contribution in [1.82, 2.24) is 9.62 Å². The highest BCUT2D eigenvalue weighted by Crippen LogP contribution is 2.19. The van der Waals surface area contributed by atoms with E-state index in [4.69, 9.17) is 10.6 Å². The zero-order valence-corrected chi connectivity index (χ0v) is 12.2. The quantitative estimate of drug-likeness (QED) is 0.505. The van der Waals surface area contributed by atoms with E-state index in [1.807, 2.05) is 7.05 Å². The minimum absolute atomic E-state index is 0.131. The lowest BCUT2D eigenvalue weighted by Gasteiger charge is -2.30. The fourth-order valence-corrected chi connectivity index (χ4v) is 3.33. The molecule has 0 amide bonds. The smallest absolute Gasteiger partial charge is 0.242 e. The number of sulfonamides is 1. The lowest BCUT2D eigenvalue weighted by atomic mass is 10.3. The third-order valence-electron chi connectivity index (χ3n) is 3.17. The normalized spacial score (nSPS) is 20.8. The molecule has 0 spiro atoms. The Kier molecular flexibility index (Phi) is 4.95. The number of para-hydroxylation sites is 1. The largest absolute Gasteiger partial charge is 0.374 e. The average molecular weight is 300 g/mol. The van der Waals surface area contributed by atoms with E-state index in [0.29, 0.717) is 18.8 Å². The fourth-order valence-electron chi connectivity index (χ4n) is 2.09. The van der Waals surface area contributed by atoms with Crippen LogP contribution in [0.15, 0.2) is 29.2 Å². The molecule has 1 aliphatic rings. The molecule has 2 rings (SSSR count). The number of benzene rings is 1. The summed E-state index contributed by atoms with van der Waals surface area (Å²) in [5.41, 5.74) is 2.75. The predicted molar refractivity (Wildman–Crippen MR) is 76.7 cm³/mol. The zero-order valence-electron chi connectivity index (χ0n) is 11.4. The topological polar surface area (TPSA) is 96.7 Å². The van der Waals surface area contributed by atoms with Gasteiger partial charge in [-0.3, -0.25) is 5.84 Å². The van der Waals surface area contributed by atoms with Gasteiger partial charge in [0, 0.05) is 19.6 Å². The Bertz CT molecular complexity index is 549. The fraction of sp³-hybridized carbons (Fsp3) is 0.500. The predicted octanol–water partition coefficient (Wildman–Crippen LogP) is -0.419. The van der Waals surface area contributed by atoms with E-state index < -0.39 is 10.0 Å². The number of rotatable bonds is 5. The number of ether oxygens (including phenoxy) is 1. The van der Waals surface area contributed by atoms with E-state index in [1.165, 1.54) is 6.07 Å². The van der Waals surface area contributed by atoms with Crippen molar-refractivity contribution >= 4 is 15.7 Å². The third-order valence-corrected chi connectivity index (χ3v) is 4.66. The van der Waals surface area contributed by atoms with Crippen molar-refractivity contribution in [3.05, 3.63) is 24.3 Å². The zero-order chi connectivity index (χ0) is 14.6. The molecular weight excluding hydrogens is 280 g/mol. The van der Waals surface area contributed by atoms with Crippen molar-refractivity contribution in [1.29, 1.82) is 0 Å². The summed E-state index contributed by atoms with van der Waals surface area (Å²) in [7, 11) is -1.63. The van der Waals surface area contributed by atoms with Crippen LogP contribution in [0.2, 0.25) is 0 Å². The Hall–Kier alpha value is -1.19. The molecule has 0 bridgehead atoms. The summed E-state index contributed by atoms with van der Waals surface area (Å²) in [4.78, 5) is 2.24. The first-order valence-corrected chi connectivity index (χ1v) is 7.86. The number of hydrogen-bond acceptors (Lipinski definition) is 6. The number of nitrogens with zero attached hydrogens (tertiary/aromatic N) is 1. The van der Waals surface area contributed by atoms with Crippen LogP contribution in [0.4, 0.5) is 5.69 Å². The molecule has 0 radical (unpaired) electrons. The van der Waals surface area contributed by atoms with Gasteiger partial charge in [-0.05, 0) is 19.2 Å². The number of nitrogen functional groups attached to an aromatic ring is 1. The molecule has 112 valence electrons. The minimum atomic E-state index is -3.61. The molecule has 1 aromatic rings. The number of nitrogens with two attached hydrogens (primary N) is 1. The van der Waals surface area contributed by atoms with E-state index >= 15 is 0 Å². The van der Waals surface area contributed by atoms with Crippen molar-refractivity contribution in [2.75, 3.05) is 38.7 Å². The van der Waals surface area contributed by atoms with Crippen molar-refractivity contribution < 1.29 is 13.2 Å². The van der Waals surface area contributed by atoms with Gasteiger partial charge in [0.2, 0.25) is 10.0 Å². The van der Waals surface area contributed by atoms with Crippen LogP contribution in [-0.2, 0) is 14.8 Å². The van der Waals surface area contributed by atoms with Crippen LogP contribution in [0.5, 0.6) is 0 Å². The van der Waals surface area contributed by atoms with E-state index in [-0.39, 0.29) is 17.5 Å². The second kappa shape index (κ2) is 6.51. The Morgan fingerprint density at radius 1 is 1.45 bits per heavy atom. The van der Waals surface area contributed by atoms with Crippen LogP contribution in [0.3, 0.4) is 0 Å². The van der Waals surface area contributed by atoms with E-state index in [1.54, 1.807) is 18.2 Å². The Balaban J connectivity index is 2.04. The van der Waals surface area contributed by atoms with Gasteiger partial charge in [0.1, 0.15) is 4.90 Å². The SMILES string of the molecule is CN1CCOC(CNS(=O)(=O)c2ccccc2NN)C1. The number of hydrogen-bond donors (Lipinski definition) is 3. The monoisotopic (exact) mass is 300 g/mol. The van der Waals surface area contributed by atoms with Gasteiger partial charge in [0.25, 0.3) is 0 Å². The van der Waals surface area contributed by atoms with Crippen molar-refractivity contribution in [3.8, 4) is 0 Å². The van der Waals surface area contributed by atoms with E-state index in [0.717, 1.165) is 6.54 Å². The standard InChI is InChI=1S/C12H20N4O3S/c1-16-6-7-19-10(9-16)8-14-20(17,18)12-5-3-2-4-11(12)15-13/h2-5,10,14-15H,6-9,13H2,1H3. The summed E-state index contributed by atoms with van der Waals surface area (Å²) >= 11 is 0. The first kappa shape index (κ1) is 15.2. The molecule has 1 saturated heterocycles. The molecule has 1 aromatic carbocycles. The molecular formula is C12H20N4O3S. The maximum absolute atomic E-state index is 12.3. The van der Waals surface area contributed by atoms with Gasteiger partial charge in [-0.2, -0.15) is 0 Å². The molecule has 20 heavy (non-hydrogen) atoms. The van der Waals surface area contributed by atoms with E-state index in [2.05, 4.69) is 15.0 Å². The summed E-state index contributed by atoms with van der Waals surface area (Å²) in [5.74, 6) is 5.33. The molecule has 4 N–H and O–H groups in total. The number of nitrogens with one attached hydrogen (secondary N) is 2. The van der Waals surface area contributed by atoms with Crippen LogP contribution >= 0.6 is 0 Å².